The van der Waals surface area contributed by atoms with Crippen molar-refractivity contribution >= 4 is 29.1 Å². The van der Waals surface area contributed by atoms with E-state index in [4.69, 9.17) is 11.6 Å². The second kappa shape index (κ2) is 9.17. The summed E-state index contributed by atoms with van der Waals surface area (Å²) in [4.78, 5) is 23.4. The van der Waals surface area contributed by atoms with E-state index < -0.39 is 23.9 Å². The molecule has 180 valence electrons. The highest BCUT2D eigenvalue weighted by molar-refractivity contribution is 6.29. The van der Waals surface area contributed by atoms with Crippen molar-refractivity contribution in [3.63, 3.8) is 0 Å². The van der Waals surface area contributed by atoms with Gasteiger partial charge in [-0.2, -0.15) is 13.2 Å². The molecule has 1 atom stereocenters. The van der Waals surface area contributed by atoms with Crippen molar-refractivity contribution in [2.24, 2.45) is 4.99 Å². The van der Waals surface area contributed by atoms with Crippen LogP contribution in [0.1, 0.15) is 36.7 Å². The van der Waals surface area contributed by atoms with Crippen LogP contribution < -0.4 is 5.32 Å². The van der Waals surface area contributed by atoms with E-state index in [9.17, 15) is 23.1 Å². The van der Waals surface area contributed by atoms with E-state index in [1.807, 2.05) is 4.90 Å². The number of anilines is 1. The molecule has 0 aromatic carbocycles. The van der Waals surface area contributed by atoms with E-state index in [0.29, 0.717) is 17.1 Å². The van der Waals surface area contributed by atoms with Crippen LogP contribution in [0.15, 0.2) is 64.7 Å². The molecule has 4 rings (SSSR count). The minimum atomic E-state index is -4.78. The number of carboxylic acid groups (broad SMARTS) is 1. The van der Waals surface area contributed by atoms with Crippen molar-refractivity contribution in [3.05, 3.63) is 70.6 Å². The predicted molar refractivity (Wildman–Crippen MR) is 123 cm³/mol. The molecule has 3 aliphatic heterocycles. The van der Waals surface area contributed by atoms with Gasteiger partial charge in [0.25, 0.3) is 0 Å². The highest BCUT2D eigenvalue weighted by atomic mass is 35.5. The van der Waals surface area contributed by atoms with Crippen molar-refractivity contribution in [2.75, 3.05) is 18.4 Å². The molecule has 0 spiro atoms. The first kappa shape index (κ1) is 23.9. The summed E-state index contributed by atoms with van der Waals surface area (Å²) in [5.74, 6) is -0.845. The van der Waals surface area contributed by atoms with Gasteiger partial charge in [-0.3, -0.25) is 0 Å². The van der Waals surface area contributed by atoms with E-state index >= 15 is 0 Å². The van der Waals surface area contributed by atoms with Crippen LogP contribution in [0, 0.1) is 0 Å². The highest BCUT2D eigenvalue weighted by Gasteiger charge is 2.46. The van der Waals surface area contributed by atoms with Crippen LogP contribution in [0.5, 0.6) is 0 Å². The molecule has 11 heteroatoms. The molecule has 7 nitrogen and oxygen atoms in total. The zero-order valence-corrected chi connectivity index (χ0v) is 19.1. The summed E-state index contributed by atoms with van der Waals surface area (Å²) in [7, 11) is 0. The maximum atomic E-state index is 14.4. The second-order valence-corrected chi connectivity index (χ2v) is 8.66. The summed E-state index contributed by atoms with van der Waals surface area (Å²) in [6.07, 6.45) is 3.12. The second-order valence-electron chi connectivity index (χ2n) is 8.27. The van der Waals surface area contributed by atoms with E-state index in [2.05, 4.69) is 21.9 Å². The lowest BCUT2D eigenvalue weighted by Crippen LogP contribution is -2.46. The molecule has 0 saturated carbocycles. The van der Waals surface area contributed by atoms with Crippen molar-refractivity contribution in [3.8, 4) is 0 Å². The molecule has 0 bridgehead atoms. The smallest absolute Gasteiger partial charge is 0.412 e. The molecule has 1 aromatic rings. The number of rotatable bonds is 5. The zero-order chi connectivity index (χ0) is 24.6. The molecule has 0 radical (unpaired) electrons. The number of carbonyl (C=O) groups is 1. The summed E-state index contributed by atoms with van der Waals surface area (Å²) in [5, 5.41) is 11.6. The summed E-state index contributed by atoms with van der Waals surface area (Å²) >= 11 is 5.76. The molecular weight excluding hydrogens is 471 g/mol. The number of hydrogen-bond acceptors (Lipinski definition) is 6. The molecule has 0 amide bonds. The number of aromatic carboxylic acids is 1. The van der Waals surface area contributed by atoms with Gasteiger partial charge in [-0.25, -0.2) is 14.8 Å². The number of fused-ring (bicyclic) bond motifs is 1. The molecule has 0 aliphatic carbocycles. The first-order chi connectivity index (χ1) is 16.0. The van der Waals surface area contributed by atoms with Crippen LogP contribution in [0.3, 0.4) is 0 Å². The molecule has 4 heterocycles. The molecule has 0 unspecified atom stereocenters. The first-order valence-corrected chi connectivity index (χ1v) is 11.1. The van der Waals surface area contributed by atoms with Crippen LogP contribution in [-0.2, 0) is 0 Å². The predicted octanol–water partition coefficient (Wildman–Crippen LogP) is 5.17. The number of allylic oxidation sites excluding steroid dienone is 3. The largest absolute Gasteiger partial charge is 0.476 e. The summed E-state index contributed by atoms with van der Waals surface area (Å²) in [6.45, 7) is 7.24. The Hall–Kier alpha value is -3.27. The topological polar surface area (TPSA) is 81.1 Å². The molecule has 1 fully saturated rings. The minimum Gasteiger partial charge on any atom is -0.476 e. The molecule has 1 saturated heterocycles. The maximum absolute atomic E-state index is 14.4. The lowest BCUT2D eigenvalue weighted by molar-refractivity contribution is -0.133. The number of likely N-dealkylation sites (tertiary alicyclic amines) is 1. The average Bonchev–Trinajstić information content (AvgIpc) is 2.78. The lowest BCUT2D eigenvalue weighted by atomic mass is 9.97. The third kappa shape index (κ3) is 4.82. The normalized spacial score (nSPS) is 19.5. The lowest BCUT2D eigenvalue weighted by Gasteiger charge is -2.38. The SMILES string of the molecule is C=C1C=C(N2CCCCC2)N=C2C([C@H](Nc3ccc(Cl)nc3C(=O)O)C(F)(F)F)=CC(C)=CN12. The number of aliphatic imine (C=N–C) groups is 1. The monoisotopic (exact) mass is 493 g/mol. The fourth-order valence-corrected chi connectivity index (χ4v) is 4.30. The first-order valence-electron chi connectivity index (χ1n) is 10.7. The van der Waals surface area contributed by atoms with Gasteiger partial charge in [0.1, 0.15) is 16.8 Å². The number of piperidine rings is 1. The Balaban J connectivity index is 1.77. The number of pyridine rings is 1. The van der Waals surface area contributed by atoms with Gasteiger partial charge in [0.05, 0.1) is 5.69 Å². The van der Waals surface area contributed by atoms with Gasteiger partial charge in [-0.05, 0) is 50.0 Å². The Morgan fingerprint density at radius 2 is 1.94 bits per heavy atom. The number of hydrogen-bond donors (Lipinski definition) is 2. The average molecular weight is 494 g/mol. The minimum absolute atomic E-state index is 0.0901. The number of halogens is 4. The van der Waals surface area contributed by atoms with E-state index in [1.165, 1.54) is 23.1 Å². The Bertz CT molecular complexity index is 1150. The third-order valence-corrected chi connectivity index (χ3v) is 5.92. The van der Waals surface area contributed by atoms with E-state index in [-0.39, 0.29) is 22.2 Å². The van der Waals surface area contributed by atoms with Gasteiger partial charge < -0.3 is 20.2 Å². The van der Waals surface area contributed by atoms with Crippen molar-refractivity contribution in [2.45, 2.75) is 38.4 Å². The van der Waals surface area contributed by atoms with Gasteiger partial charge in [0.15, 0.2) is 11.7 Å². The standard InChI is InChI=1S/C23H23ClF3N5O2/c1-13-10-15(20(23(25,26)27)28-16-6-7-17(24)29-19(16)22(33)34)21-30-18(11-14(2)32(21)12-13)31-8-4-3-5-9-31/h6-7,10-12,20,28H,2-5,8-9H2,1H3,(H,33,34)/t20-/m0/s1. The van der Waals surface area contributed by atoms with Crippen LogP contribution >= 0.6 is 11.6 Å². The third-order valence-electron chi connectivity index (χ3n) is 5.71. The van der Waals surface area contributed by atoms with Crippen LogP contribution in [0.25, 0.3) is 0 Å². The van der Waals surface area contributed by atoms with E-state index in [0.717, 1.165) is 32.4 Å². The van der Waals surface area contributed by atoms with Crippen molar-refractivity contribution in [1.82, 2.24) is 14.8 Å². The Morgan fingerprint density at radius 3 is 2.59 bits per heavy atom. The zero-order valence-electron chi connectivity index (χ0n) is 18.4. The summed E-state index contributed by atoms with van der Waals surface area (Å²) in [6, 6.07) is 0.141. The van der Waals surface area contributed by atoms with Crippen molar-refractivity contribution in [1.29, 1.82) is 0 Å². The summed E-state index contributed by atoms with van der Waals surface area (Å²) < 4.78 is 43.2. The van der Waals surface area contributed by atoms with Gasteiger partial charge in [0.2, 0.25) is 0 Å². The Kier molecular flexibility index (Phi) is 6.44. The molecule has 3 aliphatic rings. The van der Waals surface area contributed by atoms with Crippen molar-refractivity contribution < 1.29 is 23.1 Å². The Labute approximate surface area is 199 Å². The number of alkyl halides is 3. The van der Waals surface area contributed by atoms with Gasteiger partial charge in [0, 0.05) is 36.6 Å². The number of amidine groups is 1. The number of aromatic nitrogens is 1. The van der Waals surface area contributed by atoms with Crippen LogP contribution in [-0.4, -0.2) is 57.0 Å². The highest BCUT2D eigenvalue weighted by Crippen LogP contribution is 2.36. The molecule has 1 aromatic heterocycles. The molecular formula is C23H23ClF3N5O2. The fourth-order valence-electron chi connectivity index (χ4n) is 4.15. The van der Waals surface area contributed by atoms with Gasteiger partial charge in [-0.1, -0.05) is 18.2 Å². The van der Waals surface area contributed by atoms with Crippen LogP contribution in [0.2, 0.25) is 5.15 Å². The quantitative estimate of drug-likeness (QED) is 0.550. The maximum Gasteiger partial charge on any atom is 0.412 e. The number of nitrogens with zero attached hydrogens (tertiary/aromatic N) is 4. The summed E-state index contributed by atoms with van der Waals surface area (Å²) in [5.41, 5.74) is -0.000806. The fraction of sp³-hybridized carbons (Fsp3) is 0.348. The van der Waals surface area contributed by atoms with Gasteiger partial charge >= 0.3 is 12.1 Å². The van der Waals surface area contributed by atoms with Gasteiger partial charge in [-0.15, -0.1) is 0 Å². The van der Waals surface area contributed by atoms with E-state index in [1.54, 1.807) is 19.2 Å². The number of carboxylic acids is 1. The molecule has 2 N–H and O–H groups in total. The molecule has 34 heavy (non-hydrogen) atoms. The Morgan fingerprint density at radius 1 is 1.24 bits per heavy atom. The van der Waals surface area contributed by atoms with Crippen LogP contribution in [0.4, 0.5) is 18.9 Å². The number of nitrogens with one attached hydrogen (secondary N) is 1.